The molecule has 2 atom stereocenters. The average molecular weight is 309 g/mol. The Labute approximate surface area is 129 Å². The summed E-state index contributed by atoms with van der Waals surface area (Å²) in [7, 11) is 3.25. The quantitative estimate of drug-likeness (QED) is 0.772. The van der Waals surface area contributed by atoms with Gasteiger partial charge in [0.05, 0.1) is 18.8 Å². The van der Waals surface area contributed by atoms with Crippen molar-refractivity contribution < 1.29 is 14.3 Å². The van der Waals surface area contributed by atoms with Crippen LogP contribution in [0.1, 0.15) is 17.8 Å². The van der Waals surface area contributed by atoms with Crippen LogP contribution in [0.2, 0.25) is 0 Å². The molecule has 1 saturated heterocycles. The molecule has 0 saturated carbocycles. The molecule has 0 aliphatic carbocycles. The standard InChI is InChI=1S/C15H23N3O4/c1-10-5-11(2)17(15(20)16-10)8-14(19)18-7-13(22-4)6-12(18)9-21-3/h5,12-13H,6-9H2,1-4H3/t12-,13-/m0/s1. The minimum absolute atomic E-state index is 0.00536. The monoisotopic (exact) mass is 309 g/mol. The fourth-order valence-corrected chi connectivity index (χ4v) is 2.89. The summed E-state index contributed by atoms with van der Waals surface area (Å²) in [6.45, 7) is 4.55. The van der Waals surface area contributed by atoms with E-state index in [0.717, 1.165) is 12.1 Å². The molecular formula is C15H23N3O4. The van der Waals surface area contributed by atoms with Gasteiger partial charge < -0.3 is 14.4 Å². The van der Waals surface area contributed by atoms with Crippen molar-refractivity contribution in [3.63, 3.8) is 0 Å². The van der Waals surface area contributed by atoms with Crippen molar-refractivity contribution >= 4 is 5.91 Å². The van der Waals surface area contributed by atoms with Crippen LogP contribution in [0, 0.1) is 13.8 Å². The number of methoxy groups -OCH3 is 2. The highest BCUT2D eigenvalue weighted by molar-refractivity contribution is 5.76. The average Bonchev–Trinajstić information content (AvgIpc) is 2.86. The lowest BCUT2D eigenvalue weighted by molar-refractivity contribution is -0.134. The molecule has 1 amide bonds. The molecule has 2 heterocycles. The molecule has 0 spiro atoms. The Morgan fingerprint density at radius 1 is 1.41 bits per heavy atom. The zero-order valence-electron chi connectivity index (χ0n) is 13.5. The Bertz CT molecular complexity index is 599. The Hall–Kier alpha value is -1.73. The number of carbonyl (C=O) groups is 1. The molecule has 7 nitrogen and oxygen atoms in total. The zero-order chi connectivity index (χ0) is 16.3. The number of aromatic nitrogens is 2. The maximum Gasteiger partial charge on any atom is 0.348 e. The third-order valence-corrected chi connectivity index (χ3v) is 4.03. The maximum atomic E-state index is 12.6. The number of aryl methyl sites for hydroxylation is 2. The van der Waals surface area contributed by atoms with Crippen LogP contribution >= 0.6 is 0 Å². The Kier molecular flexibility index (Phi) is 5.31. The van der Waals surface area contributed by atoms with Crippen LogP contribution in [-0.2, 0) is 20.8 Å². The summed E-state index contributed by atoms with van der Waals surface area (Å²) in [5.74, 6) is -0.113. The molecule has 0 radical (unpaired) electrons. The molecule has 1 fully saturated rings. The predicted molar refractivity (Wildman–Crippen MR) is 80.8 cm³/mol. The summed E-state index contributed by atoms with van der Waals surface area (Å²) in [5, 5.41) is 0. The second-order valence-corrected chi connectivity index (χ2v) is 5.66. The highest BCUT2D eigenvalue weighted by atomic mass is 16.5. The van der Waals surface area contributed by atoms with Crippen molar-refractivity contribution in [2.24, 2.45) is 0 Å². The third kappa shape index (κ3) is 3.53. The molecule has 1 aromatic rings. The van der Waals surface area contributed by atoms with Gasteiger partial charge in [-0.15, -0.1) is 0 Å². The first-order valence-electron chi connectivity index (χ1n) is 7.32. The van der Waals surface area contributed by atoms with E-state index in [1.807, 2.05) is 0 Å². The van der Waals surface area contributed by atoms with Crippen molar-refractivity contribution in [3.8, 4) is 0 Å². The highest BCUT2D eigenvalue weighted by Gasteiger charge is 2.35. The van der Waals surface area contributed by atoms with Crippen LogP contribution in [-0.4, -0.2) is 59.9 Å². The number of carbonyl (C=O) groups excluding carboxylic acids is 1. The van der Waals surface area contributed by atoms with Crippen LogP contribution in [0.4, 0.5) is 0 Å². The van der Waals surface area contributed by atoms with Gasteiger partial charge in [-0.3, -0.25) is 9.36 Å². The van der Waals surface area contributed by atoms with Crippen LogP contribution in [0.15, 0.2) is 10.9 Å². The second-order valence-electron chi connectivity index (χ2n) is 5.66. The van der Waals surface area contributed by atoms with Crippen molar-refractivity contribution in [2.45, 2.75) is 39.0 Å². The van der Waals surface area contributed by atoms with Gasteiger partial charge in [-0.1, -0.05) is 0 Å². The van der Waals surface area contributed by atoms with Gasteiger partial charge in [0.25, 0.3) is 0 Å². The number of nitrogens with zero attached hydrogens (tertiary/aromatic N) is 3. The lowest BCUT2D eigenvalue weighted by Crippen LogP contribution is -2.42. The molecule has 0 N–H and O–H groups in total. The number of hydrogen-bond acceptors (Lipinski definition) is 5. The molecule has 1 aromatic heterocycles. The number of amides is 1. The molecular weight excluding hydrogens is 286 g/mol. The zero-order valence-corrected chi connectivity index (χ0v) is 13.5. The molecule has 1 aliphatic rings. The number of rotatable bonds is 5. The molecule has 0 aromatic carbocycles. The van der Waals surface area contributed by atoms with E-state index in [1.165, 1.54) is 4.57 Å². The lowest BCUT2D eigenvalue weighted by atomic mass is 10.2. The van der Waals surface area contributed by atoms with Crippen molar-refractivity contribution in [3.05, 3.63) is 27.9 Å². The molecule has 2 rings (SSSR count). The molecule has 0 unspecified atom stereocenters. The summed E-state index contributed by atoms with van der Waals surface area (Å²) in [6, 6.07) is 1.78. The van der Waals surface area contributed by atoms with Gasteiger partial charge in [-0.05, 0) is 26.3 Å². The summed E-state index contributed by atoms with van der Waals surface area (Å²) in [4.78, 5) is 30.2. The Balaban J connectivity index is 2.16. The molecule has 122 valence electrons. The summed E-state index contributed by atoms with van der Waals surface area (Å²) >= 11 is 0. The topological polar surface area (TPSA) is 73.7 Å². The number of hydrogen-bond donors (Lipinski definition) is 0. The van der Waals surface area contributed by atoms with E-state index in [1.54, 1.807) is 39.0 Å². The third-order valence-electron chi connectivity index (χ3n) is 4.03. The lowest BCUT2D eigenvalue weighted by Gasteiger charge is -2.24. The van der Waals surface area contributed by atoms with E-state index < -0.39 is 5.69 Å². The Morgan fingerprint density at radius 2 is 2.14 bits per heavy atom. The fraction of sp³-hybridized carbons (Fsp3) is 0.667. The molecule has 1 aliphatic heterocycles. The largest absolute Gasteiger partial charge is 0.383 e. The van der Waals surface area contributed by atoms with Gasteiger partial charge in [-0.2, -0.15) is 4.98 Å². The van der Waals surface area contributed by atoms with Gasteiger partial charge >= 0.3 is 5.69 Å². The molecule has 22 heavy (non-hydrogen) atoms. The van der Waals surface area contributed by atoms with Crippen molar-refractivity contribution in [1.29, 1.82) is 0 Å². The van der Waals surface area contributed by atoms with Gasteiger partial charge in [0.2, 0.25) is 5.91 Å². The second kappa shape index (κ2) is 7.02. The van der Waals surface area contributed by atoms with E-state index >= 15 is 0 Å². The van der Waals surface area contributed by atoms with Crippen LogP contribution < -0.4 is 5.69 Å². The normalized spacial score (nSPS) is 21.4. The van der Waals surface area contributed by atoms with Gasteiger partial charge in [0.1, 0.15) is 6.54 Å². The van der Waals surface area contributed by atoms with E-state index in [4.69, 9.17) is 9.47 Å². The maximum absolute atomic E-state index is 12.6. The summed E-state index contributed by atoms with van der Waals surface area (Å²) < 4.78 is 11.9. The SMILES string of the molecule is COC[C@@H]1C[C@H](OC)CN1C(=O)Cn1c(C)cc(C)nc1=O. The minimum atomic E-state index is -0.392. The minimum Gasteiger partial charge on any atom is -0.383 e. The number of ether oxygens (including phenoxy) is 2. The molecule has 0 bridgehead atoms. The Morgan fingerprint density at radius 3 is 2.73 bits per heavy atom. The van der Waals surface area contributed by atoms with Gasteiger partial charge in [-0.25, -0.2) is 4.79 Å². The van der Waals surface area contributed by atoms with E-state index in [0.29, 0.717) is 18.8 Å². The summed E-state index contributed by atoms with van der Waals surface area (Å²) in [6.07, 6.45) is 0.758. The van der Waals surface area contributed by atoms with Crippen molar-refractivity contribution in [2.75, 3.05) is 27.4 Å². The van der Waals surface area contributed by atoms with E-state index in [2.05, 4.69) is 4.98 Å². The smallest absolute Gasteiger partial charge is 0.348 e. The van der Waals surface area contributed by atoms with Crippen LogP contribution in [0.25, 0.3) is 0 Å². The fourth-order valence-electron chi connectivity index (χ4n) is 2.89. The van der Waals surface area contributed by atoms with Crippen LogP contribution in [0.5, 0.6) is 0 Å². The van der Waals surface area contributed by atoms with E-state index in [-0.39, 0.29) is 24.6 Å². The first kappa shape index (κ1) is 16.6. The summed E-state index contributed by atoms with van der Waals surface area (Å²) in [5.41, 5.74) is 0.998. The van der Waals surface area contributed by atoms with Gasteiger partial charge in [0, 0.05) is 32.2 Å². The van der Waals surface area contributed by atoms with Crippen molar-refractivity contribution in [1.82, 2.24) is 14.5 Å². The molecule has 7 heteroatoms. The van der Waals surface area contributed by atoms with Crippen LogP contribution in [0.3, 0.4) is 0 Å². The number of likely N-dealkylation sites (tertiary alicyclic amines) is 1. The van der Waals surface area contributed by atoms with E-state index in [9.17, 15) is 9.59 Å². The predicted octanol–water partition coefficient (Wildman–Crippen LogP) is 0.122. The first-order chi connectivity index (χ1) is 10.5. The first-order valence-corrected chi connectivity index (χ1v) is 7.32. The van der Waals surface area contributed by atoms with Gasteiger partial charge in [0.15, 0.2) is 0 Å². The highest BCUT2D eigenvalue weighted by Crippen LogP contribution is 2.20.